The van der Waals surface area contributed by atoms with Crippen molar-refractivity contribution in [2.24, 2.45) is 0 Å². The molecule has 5 N–H and O–H groups in total. The Balaban J connectivity index is 1.97. The number of carbonyl (C=O) groups is 1. The van der Waals surface area contributed by atoms with E-state index in [1.54, 1.807) is 31.2 Å². The van der Waals surface area contributed by atoms with Crippen molar-refractivity contribution in [3.8, 4) is 5.75 Å². The van der Waals surface area contributed by atoms with Crippen molar-refractivity contribution in [1.82, 2.24) is 4.98 Å². The summed E-state index contributed by atoms with van der Waals surface area (Å²) in [6, 6.07) is 10.2. The average molecular weight is 302 g/mol. The van der Waals surface area contributed by atoms with E-state index in [4.69, 9.17) is 10.5 Å². The summed E-state index contributed by atoms with van der Waals surface area (Å²) < 4.78 is 4.78. The van der Waals surface area contributed by atoms with Crippen LogP contribution >= 0.6 is 0 Å². The molecule has 0 aliphatic carbocycles. The van der Waals surface area contributed by atoms with E-state index < -0.39 is 6.09 Å². The molecule has 0 atom stereocenters. The Kier molecular flexibility index (Phi) is 5.02. The Labute approximate surface area is 128 Å². The molecule has 0 saturated carbocycles. The average Bonchev–Trinajstić information content (AvgIpc) is 2.49. The number of hydrogen-bond donors (Lipinski definition) is 4. The van der Waals surface area contributed by atoms with Gasteiger partial charge in [0.25, 0.3) is 0 Å². The summed E-state index contributed by atoms with van der Waals surface area (Å²) in [5, 5.41) is 14.8. The number of carbonyl (C=O) groups excluding carboxylic acids is 1. The van der Waals surface area contributed by atoms with Crippen LogP contribution in [0.3, 0.4) is 0 Å². The van der Waals surface area contributed by atoms with Crippen molar-refractivity contribution in [2.45, 2.75) is 13.5 Å². The van der Waals surface area contributed by atoms with Gasteiger partial charge in [0.2, 0.25) is 0 Å². The van der Waals surface area contributed by atoms with Crippen molar-refractivity contribution in [1.29, 1.82) is 0 Å². The molecule has 0 aliphatic rings. The number of ether oxygens (including phenoxy) is 1. The molecule has 0 fully saturated rings. The maximum atomic E-state index is 11.3. The van der Waals surface area contributed by atoms with Gasteiger partial charge < -0.3 is 20.9 Å². The van der Waals surface area contributed by atoms with E-state index in [0.717, 1.165) is 5.56 Å². The van der Waals surface area contributed by atoms with Crippen LogP contribution in [0.2, 0.25) is 0 Å². The summed E-state index contributed by atoms with van der Waals surface area (Å²) in [7, 11) is 0. The van der Waals surface area contributed by atoms with E-state index in [1.807, 2.05) is 12.1 Å². The number of aromatic nitrogens is 1. The summed E-state index contributed by atoms with van der Waals surface area (Å²) >= 11 is 0. The fourth-order valence-electron chi connectivity index (χ4n) is 1.76. The van der Waals surface area contributed by atoms with Crippen LogP contribution in [0, 0.1) is 0 Å². The van der Waals surface area contributed by atoms with E-state index in [-0.39, 0.29) is 18.2 Å². The van der Waals surface area contributed by atoms with E-state index in [9.17, 15) is 9.90 Å². The van der Waals surface area contributed by atoms with Crippen molar-refractivity contribution < 1.29 is 14.6 Å². The van der Waals surface area contributed by atoms with Crippen LogP contribution in [0.25, 0.3) is 0 Å². The second kappa shape index (κ2) is 7.16. The normalized spacial score (nSPS) is 10.0. The topological polar surface area (TPSA) is 110 Å². The quantitative estimate of drug-likeness (QED) is 0.675. The number of amides is 1. The maximum absolute atomic E-state index is 11.3. The Morgan fingerprint density at radius 2 is 2.00 bits per heavy atom. The summed E-state index contributed by atoms with van der Waals surface area (Å²) in [4.78, 5) is 15.5. The van der Waals surface area contributed by atoms with Crippen LogP contribution < -0.4 is 16.4 Å². The van der Waals surface area contributed by atoms with Gasteiger partial charge >= 0.3 is 6.09 Å². The summed E-state index contributed by atoms with van der Waals surface area (Å²) in [6.07, 6.45) is -0.569. The van der Waals surface area contributed by atoms with Crippen molar-refractivity contribution in [3.63, 3.8) is 0 Å². The Morgan fingerprint density at radius 3 is 2.64 bits per heavy atom. The second-order valence-corrected chi connectivity index (χ2v) is 4.49. The van der Waals surface area contributed by atoms with E-state index in [1.165, 1.54) is 0 Å². The standard InChI is InChI=1S/C15H18N4O3/c1-2-22-15(21)18-12-7-8-13(19-14(12)16)17-9-10-3-5-11(20)6-4-10/h3-8,20H,2,9H2,1H3,(H,18,21)(H3,16,17,19). The molecular formula is C15H18N4O3. The van der Waals surface area contributed by atoms with E-state index >= 15 is 0 Å². The predicted molar refractivity (Wildman–Crippen MR) is 84.7 cm³/mol. The third-order valence-corrected chi connectivity index (χ3v) is 2.85. The van der Waals surface area contributed by atoms with Gasteiger partial charge in [0, 0.05) is 6.54 Å². The lowest BCUT2D eigenvalue weighted by Gasteiger charge is -2.10. The zero-order valence-electron chi connectivity index (χ0n) is 12.2. The smallest absolute Gasteiger partial charge is 0.411 e. The highest BCUT2D eigenvalue weighted by atomic mass is 16.5. The molecule has 0 bridgehead atoms. The molecule has 0 saturated heterocycles. The number of nitrogens with two attached hydrogens (primary N) is 1. The summed E-state index contributed by atoms with van der Waals surface area (Å²) in [6.45, 7) is 2.54. The molecule has 7 heteroatoms. The van der Waals surface area contributed by atoms with Crippen molar-refractivity contribution in [2.75, 3.05) is 23.0 Å². The fourth-order valence-corrected chi connectivity index (χ4v) is 1.76. The van der Waals surface area contributed by atoms with Gasteiger partial charge in [0.15, 0.2) is 0 Å². The minimum absolute atomic E-state index is 0.198. The highest BCUT2D eigenvalue weighted by Crippen LogP contribution is 2.19. The minimum atomic E-state index is -0.569. The molecule has 1 aromatic carbocycles. The first kappa shape index (κ1) is 15.4. The highest BCUT2D eigenvalue weighted by Gasteiger charge is 2.07. The molecule has 2 rings (SSSR count). The molecule has 116 valence electrons. The van der Waals surface area contributed by atoms with Crippen LogP contribution in [0.1, 0.15) is 12.5 Å². The molecule has 0 spiro atoms. The van der Waals surface area contributed by atoms with Crippen LogP contribution in [-0.2, 0) is 11.3 Å². The lowest BCUT2D eigenvalue weighted by molar-refractivity contribution is 0.168. The molecule has 0 radical (unpaired) electrons. The van der Waals surface area contributed by atoms with Crippen molar-refractivity contribution in [3.05, 3.63) is 42.0 Å². The summed E-state index contributed by atoms with van der Waals surface area (Å²) in [5.74, 6) is 1.00. The summed E-state index contributed by atoms with van der Waals surface area (Å²) in [5.41, 5.74) is 7.19. The number of pyridine rings is 1. The van der Waals surface area contributed by atoms with Crippen LogP contribution in [0.5, 0.6) is 5.75 Å². The maximum Gasteiger partial charge on any atom is 0.411 e. The molecule has 2 aromatic rings. The number of phenolic OH excluding ortho intramolecular Hbond substituents is 1. The number of benzene rings is 1. The molecule has 7 nitrogen and oxygen atoms in total. The lowest BCUT2D eigenvalue weighted by Crippen LogP contribution is -2.15. The monoisotopic (exact) mass is 302 g/mol. The van der Waals surface area contributed by atoms with Crippen LogP contribution in [0.4, 0.5) is 22.1 Å². The van der Waals surface area contributed by atoms with Crippen LogP contribution in [-0.4, -0.2) is 22.8 Å². The molecule has 1 heterocycles. The second-order valence-electron chi connectivity index (χ2n) is 4.49. The lowest BCUT2D eigenvalue weighted by atomic mass is 10.2. The zero-order chi connectivity index (χ0) is 15.9. The third-order valence-electron chi connectivity index (χ3n) is 2.85. The third kappa shape index (κ3) is 4.27. The number of nitrogens with one attached hydrogen (secondary N) is 2. The van der Waals surface area contributed by atoms with Gasteiger partial charge in [0.05, 0.1) is 12.3 Å². The number of rotatable bonds is 5. The predicted octanol–water partition coefficient (Wildman–Crippen LogP) is 2.55. The minimum Gasteiger partial charge on any atom is -0.508 e. The fraction of sp³-hybridized carbons (Fsp3) is 0.200. The van der Waals surface area contributed by atoms with Gasteiger partial charge in [-0.15, -0.1) is 0 Å². The van der Waals surface area contributed by atoms with E-state index in [0.29, 0.717) is 18.1 Å². The largest absolute Gasteiger partial charge is 0.508 e. The zero-order valence-corrected chi connectivity index (χ0v) is 12.2. The van der Waals surface area contributed by atoms with Gasteiger partial charge in [0.1, 0.15) is 17.4 Å². The SMILES string of the molecule is CCOC(=O)Nc1ccc(NCc2ccc(O)cc2)nc1N. The number of anilines is 3. The molecule has 1 aromatic heterocycles. The first-order chi connectivity index (χ1) is 10.6. The van der Waals surface area contributed by atoms with Crippen LogP contribution in [0.15, 0.2) is 36.4 Å². The first-order valence-corrected chi connectivity index (χ1v) is 6.80. The number of nitrogens with zero attached hydrogens (tertiary/aromatic N) is 1. The molecule has 0 unspecified atom stereocenters. The first-order valence-electron chi connectivity index (χ1n) is 6.80. The number of phenols is 1. The Hall–Kier alpha value is -2.96. The molecular weight excluding hydrogens is 284 g/mol. The number of aromatic hydroxyl groups is 1. The Bertz CT molecular complexity index is 644. The highest BCUT2D eigenvalue weighted by molar-refractivity contribution is 5.88. The molecule has 0 aliphatic heterocycles. The number of nitrogen functional groups attached to an aromatic ring is 1. The Morgan fingerprint density at radius 1 is 1.27 bits per heavy atom. The van der Waals surface area contributed by atoms with E-state index in [2.05, 4.69) is 15.6 Å². The number of hydrogen-bond acceptors (Lipinski definition) is 6. The van der Waals surface area contributed by atoms with Gasteiger partial charge in [-0.1, -0.05) is 12.1 Å². The van der Waals surface area contributed by atoms with Gasteiger partial charge in [-0.05, 0) is 36.8 Å². The van der Waals surface area contributed by atoms with Gasteiger partial charge in [-0.3, -0.25) is 5.32 Å². The van der Waals surface area contributed by atoms with Gasteiger partial charge in [-0.2, -0.15) is 0 Å². The molecule has 1 amide bonds. The van der Waals surface area contributed by atoms with Crippen molar-refractivity contribution >= 4 is 23.4 Å². The van der Waals surface area contributed by atoms with Gasteiger partial charge in [-0.25, -0.2) is 9.78 Å². The molecule has 22 heavy (non-hydrogen) atoms.